The summed E-state index contributed by atoms with van der Waals surface area (Å²) in [6, 6.07) is 8.08. The van der Waals surface area contributed by atoms with Crippen molar-refractivity contribution in [1.29, 1.82) is 0 Å². The van der Waals surface area contributed by atoms with Gasteiger partial charge in [-0.2, -0.15) is 13.2 Å². The van der Waals surface area contributed by atoms with Crippen LogP contribution in [0, 0.1) is 0 Å². The average molecular weight is 325 g/mol. The van der Waals surface area contributed by atoms with Crippen LogP contribution in [0.4, 0.5) is 13.2 Å². The molecule has 1 N–H and O–H groups in total. The predicted octanol–water partition coefficient (Wildman–Crippen LogP) is 2.39. The molecule has 0 aromatic carbocycles. The second-order valence-corrected chi connectivity index (χ2v) is 4.62. The number of rotatable bonds is 6. The van der Waals surface area contributed by atoms with Gasteiger partial charge in [-0.25, -0.2) is 4.98 Å². The van der Waals surface area contributed by atoms with Crippen molar-refractivity contribution in [3.05, 3.63) is 54.0 Å². The zero-order chi connectivity index (χ0) is 16.7. The zero-order valence-electron chi connectivity index (χ0n) is 12.0. The number of nitrogens with zero attached hydrogens (tertiary/aromatic N) is 2. The maximum absolute atomic E-state index is 12.0. The third kappa shape index (κ3) is 5.93. The molecule has 23 heavy (non-hydrogen) atoms. The molecule has 0 aliphatic heterocycles. The van der Waals surface area contributed by atoms with E-state index in [0.717, 1.165) is 5.69 Å². The number of hydrogen-bond acceptors (Lipinski definition) is 4. The SMILES string of the molecule is O=C(NCCc1ccccn1)c1ccc(OCC(F)(F)F)nc1. The molecule has 0 unspecified atom stereocenters. The van der Waals surface area contributed by atoms with E-state index in [1.807, 2.05) is 12.1 Å². The molecule has 122 valence electrons. The van der Waals surface area contributed by atoms with Gasteiger partial charge in [0.1, 0.15) is 0 Å². The summed E-state index contributed by atoms with van der Waals surface area (Å²) in [7, 11) is 0. The summed E-state index contributed by atoms with van der Waals surface area (Å²) < 4.78 is 40.5. The minimum atomic E-state index is -4.43. The molecule has 0 aliphatic carbocycles. The third-order valence-electron chi connectivity index (χ3n) is 2.78. The molecule has 2 heterocycles. The Balaban J connectivity index is 1.80. The molecule has 2 aromatic heterocycles. The van der Waals surface area contributed by atoms with Crippen LogP contribution in [0.3, 0.4) is 0 Å². The quantitative estimate of drug-likeness (QED) is 0.886. The Morgan fingerprint density at radius 3 is 2.61 bits per heavy atom. The zero-order valence-corrected chi connectivity index (χ0v) is 12.0. The first-order valence-electron chi connectivity index (χ1n) is 6.78. The first-order chi connectivity index (χ1) is 10.9. The highest BCUT2D eigenvalue weighted by atomic mass is 19.4. The monoisotopic (exact) mass is 325 g/mol. The van der Waals surface area contributed by atoms with Crippen molar-refractivity contribution in [1.82, 2.24) is 15.3 Å². The molecular formula is C15H14F3N3O2. The number of carbonyl (C=O) groups excluding carboxylic acids is 1. The van der Waals surface area contributed by atoms with Crippen LogP contribution in [0.15, 0.2) is 42.7 Å². The Bertz CT molecular complexity index is 631. The summed E-state index contributed by atoms with van der Waals surface area (Å²) in [6.07, 6.45) is -1.02. The molecule has 8 heteroatoms. The highest BCUT2D eigenvalue weighted by Crippen LogP contribution is 2.16. The number of amides is 1. The molecule has 0 saturated carbocycles. The van der Waals surface area contributed by atoms with Gasteiger partial charge in [-0.3, -0.25) is 9.78 Å². The lowest BCUT2D eigenvalue weighted by atomic mass is 10.2. The summed E-state index contributed by atoms with van der Waals surface area (Å²) in [4.78, 5) is 19.7. The number of aromatic nitrogens is 2. The second-order valence-electron chi connectivity index (χ2n) is 4.62. The number of hydrogen-bond donors (Lipinski definition) is 1. The summed E-state index contributed by atoms with van der Waals surface area (Å²) in [5, 5.41) is 2.68. The van der Waals surface area contributed by atoms with Crippen LogP contribution in [0.2, 0.25) is 0 Å². The molecule has 0 bridgehead atoms. The Kier molecular flexibility index (Phi) is 5.51. The number of halogens is 3. The van der Waals surface area contributed by atoms with Crippen molar-refractivity contribution in [3.63, 3.8) is 0 Å². The summed E-state index contributed by atoms with van der Waals surface area (Å²) in [5.74, 6) is -0.553. The van der Waals surface area contributed by atoms with E-state index in [2.05, 4.69) is 20.0 Å². The van der Waals surface area contributed by atoms with Crippen LogP contribution in [0.5, 0.6) is 5.88 Å². The van der Waals surface area contributed by atoms with E-state index >= 15 is 0 Å². The lowest BCUT2D eigenvalue weighted by Gasteiger charge is -2.09. The van der Waals surface area contributed by atoms with Crippen LogP contribution in [0.25, 0.3) is 0 Å². The maximum Gasteiger partial charge on any atom is 0.422 e. The number of nitrogens with one attached hydrogen (secondary N) is 1. The Labute approximate surface area is 130 Å². The lowest BCUT2D eigenvalue weighted by Crippen LogP contribution is -2.26. The Morgan fingerprint density at radius 1 is 1.17 bits per heavy atom. The van der Waals surface area contributed by atoms with Gasteiger partial charge in [-0.1, -0.05) is 6.07 Å². The molecule has 1 amide bonds. The van der Waals surface area contributed by atoms with Crippen molar-refractivity contribution in [2.24, 2.45) is 0 Å². The van der Waals surface area contributed by atoms with Crippen molar-refractivity contribution in [2.45, 2.75) is 12.6 Å². The van der Waals surface area contributed by atoms with Gasteiger partial charge in [-0.15, -0.1) is 0 Å². The average Bonchev–Trinajstić information content (AvgIpc) is 2.54. The van der Waals surface area contributed by atoms with E-state index in [1.165, 1.54) is 18.3 Å². The molecule has 0 aliphatic rings. The molecular weight excluding hydrogens is 311 g/mol. The van der Waals surface area contributed by atoms with Crippen LogP contribution in [0.1, 0.15) is 16.1 Å². The largest absolute Gasteiger partial charge is 0.468 e. The molecule has 0 fully saturated rings. The molecule has 0 radical (unpaired) electrons. The lowest BCUT2D eigenvalue weighted by molar-refractivity contribution is -0.154. The molecule has 2 aromatic rings. The van der Waals surface area contributed by atoms with Gasteiger partial charge in [-0.05, 0) is 18.2 Å². The first kappa shape index (κ1) is 16.7. The Hall–Kier alpha value is -2.64. The van der Waals surface area contributed by atoms with Gasteiger partial charge in [0.05, 0.1) is 5.56 Å². The standard InChI is InChI=1S/C15H14F3N3O2/c16-15(17,18)10-23-13-5-4-11(9-21-13)14(22)20-8-6-12-3-1-2-7-19-12/h1-5,7,9H,6,8,10H2,(H,20,22). The van der Waals surface area contributed by atoms with Gasteiger partial charge >= 0.3 is 6.18 Å². The highest BCUT2D eigenvalue weighted by Gasteiger charge is 2.28. The van der Waals surface area contributed by atoms with E-state index in [4.69, 9.17) is 0 Å². The first-order valence-corrected chi connectivity index (χ1v) is 6.78. The van der Waals surface area contributed by atoms with Gasteiger partial charge in [0.25, 0.3) is 5.91 Å². The third-order valence-corrected chi connectivity index (χ3v) is 2.78. The highest BCUT2D eigenvalue weighted by molar-refractivity contribution is 5.93. The van der Waals surface area contributed by atoms with Gasteiger partial charge in [0, 0.05) is 37.1 Å². The van der Waals surface area contributed by atoms with Gasteiger partial charge in [0.2, 0.25) is 5.88 Å². The van der Waals surface area contributed by atoms with Crippen molar-refractivity contribution >= 4 is 5.91 Å². The van der Waals surface area contributed by atoms with Crippen LogP contribution in [-0.2, 0) is 6.42 Å². The molecule has 2 rings (SSSR count). The number of ether oxygens (including phenoxy) is 1. The summed E-state index contributed by atoms with van der Waals surface area (Å²) in [5.41, 5.74) is 1.09. The maximum atomic E-state index is 12.0. The minimum Gasteiger partial charge on any atom is -0.468 e. The number of pyridine rings is 2. The topological polar surface area (TPSA) is 64.1 Å². The Morgan fingerprint density at radius 2 is 2.00 bits per heavy atom. The smallest absolute Gasteiger partial charge is 0.422 e. The number of carbonyl (C=O) groups is 1. The van der Waals surface area contributed by atoms with Crippen LogP contribution in [-0.4, -0.2) is 35.2 Å². The fraction of sp³-hybridized carbons (Fsp3) is 0.267. The molecule has 5 nitrogen and oxygen atoms in total. The minimum absolute atomic E-state index is 0.188. The van der Waals surface area contributed by atoms with E-state index in [1.54, 1.807) is 12.3 Å². The predicted molar refractivity (Wildman–Crippen MR) is 76.1 cm³/mol. The number of alkyl halides is 3. The van der Waals surface area contributed by atoms with Gasteiger partial charge < -0.3 is 10.1 Å². The van der Waals surface area contributed by atoms with E-state index < -0.39 is 12.8 Å². The van der Waals surface area contributed by atoms with Crippen LogP contribution >= 0.6 is 0 Å². The molecule has 0 spiro atoms. The van der Waals surface area contributed by atoms with Crippen LogP contribution < -0.4 is 10.1 Å². The fourth-order valence-corrected chi connectivity index (χ4v) is 1.71. The van der Waals surface area contributed by atoms with Gasteiger partial charge in [0.15, 0.2) is 6.61 Å². The molecule has 0 atom stereocenters. The molecule has 0 saturated heterocycles. The normalized spacial score (nSPS) is 11.1. The van der Waals surface area contributed by atoms with E-state index in [9.17, 15) is 18.0 Å². The summed E-state index contributed by atoms with van der Waals surface area (Å²) >= 11 is 0. The van der Waals surface area contributed by atoms with Crippen molar-refractivity contribution in [2.75, 3.05) is 13.2 Å². The van der Waals surface area contributed by atoms with Crippen molar-refractivity contribution < 1.29 is 22.7 Å². The van der Waals surface area contributed by atoms with E-state index in [-0.39, 0.29) is 17.4 Å². The second kappa shape index (κ2) is 7.57. The van der Waals surface area contributed by atoms with E-state index in [0.29, 0.717) is 13.0 Å². The summed E-state index contributed by atoms with van der Waals surface area (Å²) in [6.45, 7) is -1.03. The van der Waals surface area contributed by atoms with Crippen molar-refractivity contribution in [3.8, 4) is 5.88 Å². The fourth-order valence-electron chi connectivity index (χ4n) is 1.71.